The molecule has 0 saturated heterocycles. The van der Waals surface area contributed by atoms with Crippen molar-refractivity contribution in [2.75, 3.05) is 6.79 Å². The number of ether oxygens (including phenoxy) is 2. The van der Waals surface area contributed by atoms with Crippen molar-refractivity contribution in [3.8, 4) is 23.1 Å². The van der Waals surface area contributed by atoms with Gasteiger partial charge in [0.15, 0.2) is 11.5 Å². The first-order valence-electron chi connectivity index (χ1n) is 8.46. The van der Waals surface area contributed by atoms with Crippen molar-refractivity contribution in [3.63, 3.8) is 0 Å². The molecule has 0 spiro atoms. The van der Waals surface area contributed by atoms with E-state index in [1.54, 1.807) is 42.5 Å². The fraction of sp³-hybridized carbons (Fsp3) is 0.0500. The lowest BCUT2D eigenvalue weighted by Gasteiger charge is -2.05. The average Bonchev–Trinajstić information content (AvgIpc) is 3.25. The van der Waals surface area contributed by atoms with Crippen molar-refractivity contribution in [1.29, 1.82) is 0 Å². The topological polar surface area (TPSA) is 90.1 Å². The van der Waals surface area contributed by atoms with E-state index in [9.17, 15) is 14.7 Å². The Morgan fingerprint density at radius 2 is 1.86 bits per heavy atom. The second-order valence-corrected chi connectivity index (χ2v) is 7.72. The number of carbonyl (C=O) groups excluding carboxylic acids is 1. The van der Waals surface area contributed by atoms with Gasteiger partial charge in [0.1, 0.15) is 0 Å². The van der Waals surface area contributed by atoms with Crippen molar-refractivity contribution >= 4 is 41.0 Å². The van der Waals surface area contributed by atoms with Crippen LogP contribution in [0.5, 0.6) is 17.4 Å². The first-order chi connectivity index (χ1) is 14.0. The van der Waals surface area contributed by atoms with Crippen LogP contribution in [0.4, 0.5) is 0 Å². The highest BCUT2D eigenvalue weighted by Gasteiger charge is 2.19. The minimum Gasteiger partial charge on any atom is -0.493 e. The Kier molecular flexibility index (Phi) is 4.04. The predicted molar refractivity (Wildman–Crippen MR) is 107 cm³/mol. The Hall–Kier alpha value is -3.36. The molecule has 144 valence electrons. The van der Waals surface area contributed by atoms with Gasteiger partial charge in [0, 0.05) is 21.9 Å². The maximum atomic E-state index is 12.5. The maximum Gasteiger partial charge on any atom is 0.315 e. The molecule has 9 heteroatoms. The van der Waals surface area contributed by atoms with Crippen LogP contribution in [0.15, 0.2) is 51.8 Å². The number of amides is 1. The molecule has 0 fully saturated rings. The van der Waals surface area contributed by atoms with Crippen molar-refractivity contribution in [2.45, 2.75) is 0 Å². The normalized spacial score (nSPS) is 15.8. The molecule has 1 N–H and O–H groups in total. The second kappa shape index (κ2) is 6.61. The molecule has 7 nitrogen and oxygen atoms in total. The first-order valence-corrected chi connectivity index (χ1v) is 9.66. The number of nitrogens with zero attached hydrogens (tertiary/aromatic N) is 2. The molecule has 3 heterocycles. The van der Waals surface area contributed by atoms with E-state index in [4.69, 9.17) is 21.1 Å². The number of rotatable bonds is 2. The van der Waals surface area contributed by atoms with Crippen LogP contribution < -0.4 is 24.9 Å². The molecule has 29 heavy (non-hydrogen) atoms. The van der Waals surface area contributed by atoms with E-state index in [1.165, 1.54) is 6.08 Å². The Labute approximate surface area is 172 Å². The summed E-state index contributed by atoms with van der Waals surface area (Å²) in [6.07, 6.45) is 3.09. The molecule has 0 unspecified atom stereocenters. The summed E-state index contributed by atoms with van der Waals surface area (Å²) in [5.74, 6) is 0.379. The van der Waals surface area contributed by atoms with Crippen LogP contribution >= 0.6 is 22.9 Å². The van der Waals surface area contributed by atoms with Crippen LogP contribution in [0.1, 0.15) is 4.88 Å². The number of thiazole rings is 1. The first kappa shape index (κ1) is 17.7. The van der Waals surface area contributed by atoms with Crippen LogP contribution in [0.2, 0.25) is 5.02 Å². The van der Waals surface area contributed by atoms with E-state index in [1.807, 2.05) is 0 Å². The predicted octanol–water partition coefficient (Wildman–Crippen LogP) is 2.01. The highest BCUT2D eigenvalue weighted by molar-refractivity contribution is 7.10. The van der Waals surface area contributed by atoms with Gasteiger partial charge >= 0.3 is 4.87 Å². The van der Waals surface area contributed by atoms with Crippen molar-refractivity contribution < 1.29 is 19.4 Å². The number of benzene rings is 2. The highest BCUT2D eigenvalue weighted by atomic mass is 35.5. The number of hydrogen-bond donors (Lipinski definition) is 1. The van der Waals surface area contributed by atoms with Gasteiger partial charge in [-0.25, -0.2) is 9.56 Å². The number of aromatic nitrogens is 1. The molecule has 2 aromatic carbocycles. The lowest BCUT2D eigenvalue weighted by atomic mass is 10.1. The zero-order valence-electron chi connectivity index (χ0n) is 14.6. The van der Waals surface area contributed by atoms with E-state index < -0.39 is 5.91 Å². The molecule has 0 radical (unpaired) electrons. The van der Waals surface area contributed by atoms with Gasteiger partial charge in [-0.1, -0.05) is 22.9 Å². The third kappa shape index (κ3) is 3.02. The van der Waals surface area contributed by atoms with E-state index in [0.29, 0.717) is 32.8 Å². The van der Waals surface area contributed by atoms with E-state index in [-0.39, 0.29) is 28.0 Å². The molecule has 2 aliphatic heterocycles. The molecule has 2 aliphatic rings. The summed E-state index contributed by atoms with van der Waals surface area (Å²) in [5.41, 5.74) is 0.718. The molecule has 0 saturated carbocycles. The lowest BCUT2D eigenvalue weighted by Crippen LogP contribution is -2.30. The summed E-state index contributed by atoms with van der Waals surface area (Å²) in [6, 6.07) is 9.88. The third-order valence-electron chi connectivity index (χ3n) is 4.49. The number of halogens is 1. The molecule has 0 bridgehead atoms. The summed E-state index contributed by atoms with van der Waals surface area (Å²) < 4.78 is 11.8. The van der Waals surface area contributed by atoms with Gasteiger partial charge in [-0.15, -0.1) is 0 Å². The second-order valence-electron chi connectivity index (χ2n) is 6.29. The summed E-state index contributed by atoms with van der Waals surface area (Å²) in [7, 11) is 0. The van der Waals surface area contributed by atoms with Gasteiger partial charge < -0.3 is 14.6 Å². The fourth-order valence-corrected chi connectivity index (χ4v) is 4.07. The van der Waals surface area contributed by atoms with Crippen LogP contribution in [-0.2, 0) is 4.79 Å². The smallest absolute Gasteiger partial charge is 0.315 e. The van der Waals surface area contributed by atoms with E-state index in [0.717, 1.165) is 15.9 Å². The fourth-order valence-electron chi connectivity index (χ4n) is 3.10. The zero-order valence-corrected chi connectivity index (χ0v) is 16.2. The molecule has 0 aliphatic carbocycles. The Morgan fingerprint density at radius 3 is 2.62 bits per heavy atom. The van der Waals surface area contributed by atoms with E-state index >= 15 is 0 Å². The average molecular weight is 427 g/mol. The highest BCUT2D eigenvalue weighted by Crippen LogP contribution is 2.29. The molecular formula is C20H11ClN2O5S. The molecular weight excluding hydrogens is 416 g/mol. The molecule has 3 aromatic rings. The van der Waals surface area contributed by atoms with Crippen molar-refractivity contribution in [3.05, 3.63) is 72.1 Å². The van der Waals surface area contributed by atoms with Gasteiger partial charge in [-0.3, -0.25) is 9.59 Å². The molecule has 5 rings (SSSR count). The van der Waals surface area contributed by atoms with Gasteiger partial charge in [0.05, 0.1) is 15.9 Å². The van der Waals surface area contributed by atoms with E-state index in [2.05, 4.69) is 4.99 Å². The minimum absolute atomic E-state index is 0.120. The Balaban J connectivity index is 1.61. The van der Waals surface area contributed by atoms with Crippen molar-refractivity contribution in [1.82, 2.24) is 4.57 Å². The van der Waals surface area contributed by atoms with Gasteiger partial charge in [0.25, 0.3) is 5.91 Å². The Morgan fingerprint density at radius 1 is 1.14 bits per heavy atom. The summed E-state index contributed by atoms with van der Waals surface area (Å²) in [4.78, 5) is 28.8. The standard InChI is InChI=1S/C20H11ClN2O5S/c21-12-1-3-13(4-2-12)23-19(25)17(29-20(23)26)7-11-5-10-6-15-16(28-9-27-15)8-14(10)22-18(11)24/h1-8,25H,9H2/b11-7-. The van der Waals surface area contributed by atoms with Crippen LogP contribution in [0, 0.1) is 0 Å². The summed E-state index contributed by atoms with van der Waals surface area (Å²) >= 11 is 6.71. The van der Waals surface area contributed by atoms with Gasteiger partial charge in [-0.05, 0) is 42.5 Å². The molecule has 1 amide bonds. The molecule has 1 aromatic heterocycles. The number of aromatic hydroxyl groups is 1. The van der Waals surface area contributed by atoms with Crippen LogP contribution in [0.25, 0.3) is 17.8 Å². The number of fused-ring (bicyclic) bond motifs is 2. The quantitative estimate of drug-likeness (QED) is 0.633. The third-order valence-corrected chi connectivity index (χ3v) is 5.61. The maximum absolute atomic E-state index is 12.5. The van der Waals surface area contributed by atoms with Gasteiger partial charge in [0.2, 0.25) is 12.7 Å². The minimum atomic E-state index is -0.477. The van der Waals surface area contributed by atoms with Crippen LogP contribution in [-0.4, -0.2) is 22.4 Å². The molecule has 0 atom stereocenters. The Bertz CT molecular complexity index is 1390. The summed E-state index contributed by atoms with van der Waals surface area (Å²) in [6.45, 7) is 0.120. The number of hydrogen-bond acceptors (Lipinski definition) is 6. The SMILES string of the molecule is O=C1N=c2cc3c(cc2=C/C1=C/c1sc(=O)n(-c2ccc(Cl)cc2)c1O)OCO3. The monoisotopic (exact) mass is 426 g/mol. The van der Waals surface area contributed by atoms with Gasteiger partial charge in [-0.2, -0.15) is 0 Å². The summed E-state index contributed by atoms with van der Waals surface area (Å²) in [5, 5.41) is 12.3. The largest absolute Gasteiger partial charge is 0.493 e. The number of carbonyl (C=O) groups is 1. The zero-order chi connectivity index (χ0) is 20.1. The van der Waals surface area contributed by atoms with Crippen molar-refractivity contribution in [2.24, 2.45) is 4.99 Å². The lowest BCUT2D eigenvalue weighted by molar-refractivity contribution is -0.114. The van der Waals surface area contributed by atoms with Crippen LogP contribution in [0.3, 0.4) is 0 Å².